The third-order valence-corrected chi connectivity index (χ3v) is 4.73. The molecule has 0 bridgehead atoms. The van der Waals surface area contributed by atoms with Crippen LogP contribution in [0.1, 0.15) is 26.7 Å². The summed E-state index contributed by atoms with van der Waals surface area (Å²) in [6, 6.07) is 1.45. The summed E-state index contributed by atoms with van der Waals surface area (Å²) in [5.74, 6) is 1.24. The fourth-order valence-corrected chi connectivity index (χ4v) is 3.45. The lowest BCUT2D eigenvalue weighted by molar-refractivity contribution is -0.143. The molecule has 136 valence electrons. The second kappa shape index (κ2) is 7.67. The number of ether oxygens (including phenoxy) is 1. The molecule has 8 heteroatoms. The number of aromatic nitrogens is 2. The van der Waals surface area contributed by atoms with Crippen molar-refractivity contribution >= 4 is 17.8 Å². The van der Waals surface area contributed by atoms with Crippen LogP contribution in [-0.2, 0) is 9.59 Å². The van der Waals surface area contributed by atoms with Crippen molar-refractivity contribution in [3.8, 4) is 5.88 Å². The van der Waals surface area contributed by atoms with E-state index in [-0.39, 0.29) is 17.9 Å². The molecule has 2 amide bonds. The van der Waals surface area contributed by atoms with Crippen molar-refractivity contribution in [3.63, 3.8) is 0 Å². The Bertz CT molecular complexity index is 630. The molecule has 1 atom stereocenters. The highest BCUT2D eigenvalue weighted by molar-refractivity contribution is 5.87. The summed E-state index contributed by atoms with van der Waals surface area (Å²) in [7, 11) is 0. The molecular formula is C17H25N5O3. The number of carbonyl (C=O) groups excluding carboxylic acids is 2. The summed E-state index contributed by atoms with van der Waals surface area (Å²) >= 11 is 0. The molecule has 2 saturated heterocycles. The van der Waals surface area contributed by atoms with Gasteiger partial charge >= 0.3 is 0 Å². The van der Waals surface area contributed by atoms with E-state index in [1.165, 1.54) is 6.92 Å². The molecule has 0 radical (unpaired) electrons. The Balaban J connectivity index is 1.59. The molecule has 2 aliphatic heterocycles. The van der Waals surface area contributed by atoms with Gasteiger partial charge in [-0.25, -0.2) is 4.98 Å². The molecular weight excluding hydrogens is 322 g/mol. The van der Waals surface area contributed by atoms with Crippen LogP contribution in [0.3, 0.4) is 0 Å². The van der Waals surface area contributed by atoms with Crippen LogP contribution in [0.4, 0.5) is 5.95 Å². The first-order valence-electron chi connectivity index (χ1n) is 8.87. The van der Waals surface area contributed by atoms with Crippen LogP contribution in [0, 0.1) is 0 Å². The van der Waals surface area contributed by atoms with Crippen molar-refractivity contribution in [2.45, 2.75) is 32.7 Å². The lowest BCUT2D eigenvalue weighted by Crippen LogP contribution is -2.54. The van der Waals surface area contributed by atoms with Crippen molar-refractivity contribution in [3.05, 3.63) is 12.3 Å². The zero-order valence-electron chi connectivity index (χ0n) is 14.8. The van der Waals surface area contributed by atoms with Crippen LogP contribution < -0.4 is 9.64 Å². The van der Waals surface area contributed by atoms with Crippen molar-refractivity contribution in [1.82, 2.24) is 19.8 Å². The van der Waals surface area contributed by atoms with Crippen molar-refractivity contribution < 1.29 is 14.3 Å². The first-order valence-corrected chi connectivity index (χ1v) is 8.87. The number of piperazine rings is 1. The molecule has 2 fully saturated rings. The molecule has 8 nitrogen and oxygen atoms in total. The lowest BCUT2D eigenvalue weighted by Gasteiger charge is -2.37. The quantitative estimate of drug-likeness (QED) is 0.791. The number of anilines is 1. The highest BCUT2D eigenvalue weighted by Crippen LogP contribution is 2.21. The zero-order chi connectivity index (χ0) is 17.8. The Hall–Kier alpha value is -2.38. The van der Waals surface area contributed by atoms with Crippen LogP contribution in [0.5, 0.6) is 5.88 Å². The van der Waals surface area contributed by atoms with Gasteiger partial charge in [-0.3, -0.25) is 9.59 Å². The van der Waals surface area contributed by atoms with E-state index in [1.807, 2.05) is 11.8 Å². The Morgan fingerprint density at radius 1 is 1.24 bits per heavy atom. The van der Waals surface area contributed by atoms with Crippen molar-refractivity contribution in [2.24, 2.45) is 0 Å². The van der Waals surface area contributed by atoms with Gasteiger partial charge in [-0.1, -0.05) is 0 Å². The van der Waals surface area contributed by atoms with Crippen LogP contribution in [0.2, 0.25) is 0 Å². The highest BCUT2D eigenvalue weighted by atomic mass is 16.5. The van der Waals surface area contributed by atoms with Gasteiger partial charge in [0, 0.05) is 51.9 Å². The van der Waals surface area contributed by atoms with Gasteiger partial charge in [0.05, 0.1) is 6.61 Å². The summed E-state index contributed by atoms with van der Waals surface area (Å²) in [6.45, 7) is 7.27. The van der Waals surface area contributed by atoms with E-state index in [0.717, 1.165) is 12.8 Å². The second-order valence-electron chi connectivity index (χ2n) is 6.31. The fourth-order valence-electron chi connectivity index (χ4n) is 3.45. The van der Waals surface area contributed by atoms with E-state index >= 15 is 0 Å². The predicted molar refractivity (Wildman–Crippen MR) is 92.4 cm³/mol. The van der Waals surface area contributed by atoms with Gasteiger partial charge in [0.25, 0.3) is 0 Å². The van der Waals surface area contributed by atoms with Crippen LogP contribution in [-0.4, -0.2) is 77.0 Å². The number of rotatable bonds is 4. The van der Waals surface area contributed by atoms with Crippen molar-refractivity contribution in [2.75, 3.05) is 44.2 Å². The summed E-state index contributed by atoms with van der Waals surface area (Å²) < 4.78 is 5.42. The molecule has 0 aromatic carbocycles. The Kier molecular flexibility index (Phi) is 5.35. The average molecular weight is 347 g/mol. The van der Waals surface area contributed by atoms with Crippen LogP contribution in [0.15, 0.2) is 12.3 Å². The van der Waals surface area contributed by atoms with Gasteiger partial charge in [0.1, 0.15) is 6.04 Å². The molecule has 25 heavy (non-hydrogen) atoms. The molecule has 0 saturated carbocycles. The first-order chi connectivity index (χ1) is 12.1. The highest BCUT2D eigenvalue weighted by Gasteiger charge is 2.36. The number of amides is 2. The minimum atomic E-state index is -0.290. The molecule has 0 spiro atoms. The molecule has 3 heterocycles. The van der Waals surface area contributed by atoms with Gasteiger partial charge in [-0.2, -0.15) is 4.98 Å². The van der Waals surface area contributed by atoms with E-state index in [0.29, 0.717) is 51.2 Å². The Morgan fingerprint density at radius 2 is 2.00 bits per heavy atom. The van der Waals surface area contributed by atoms with Crippen LogP contribution >= 0.6 is 0 Å². The smallest absolute Gasteiger partial charge is 0.245 e. The maximum atomic E-state index is 12.8. The average Bonchev–Trinajstić information content (AvgIpc) is 3.12. The third-order valence-electron chi connectivity index (χ3n) is 4.73. The predicted octanol–water partition coefficient (Wildman–Crippen LogP) is 0.535. The van der Waals surface area contributed by atoms with Crippen molar-refractivity contribution in [1.29, 1.82) is 0 Å². The number of nitrogens with zero attached hydrogens (tertiary/aromatic N) is 5. The summed E-state index contributed by atoms with van der Waals surface area (Å²) in [5, 5.41) is 0. The van der Waals surface area contributed by atoms with E-state index < -0.39 is 0 Å². The van der Waals surface area contributed by atoms with E-state index in [9.17, 15) is 9.59 Å². The minimum absolute atomic E-state index is 0.0179. The molecule has 3 rings (SSSR count). The fraction of sp³-hybridized carbons (Fsp3) is 0.647. The van der Waals surface area contributed by atoms with Gasteiger partial charge in [-0.05, 0) is 19.8 Å². The maximum absolute atomic E-state index is 12.8. The number of carbonyl (C=O) groups is 2. The normalized spacial score (nSPS) is 20.7. The van der Waals surface area contributed by atoms with Crippen LogP contribution in [0.25, 0.3) is 0 Å². The van der Waals surface area contributed by atoms with Gasteiger partial charge in [0.2, 0.25) is 23.6 Å². The SMILES string of the molecule is CCOc1ccnc(N2CCN(C(=O)C3CCCN3C(C)=O)CC2)n1. The monoisotopic (exact) mass is 347 g/mol. The molecule has 2 aliphatic rings. The summed E-state index contributed by atoms with van der Waals surface area (Å²) in [5.41, 5.74) is 0. The maximum Gasteiger partial charge on any atom is 0.245 e. The largest absolute Gasteiger partial charge is 0.478 e. The second-order valence-corrected chi connectivity index (χ2v) is 6.31. The first kappa shape index (κ1) is 17.4. The Morgan fingerprint density at radius 3 is 2.68 bits per heavy atom. The van der Waals surface area contributed by atoms with Gasteiger partial charge < -0.3 is 19.4 Å². The summed E-state index contributed by atoms with van der Waals surface area (Å²) in [4.78, 5) is 38.8. The standard InChI is InChI=1S/C17H25N5O3/c1-3-25-15-6-7-18-17(19-15)21-11-9-20(10-12-21)16(24)14-5-4-8-22(14)13(2)23/h6-7,14H,3-5,8-12H2,1-2H3. The Labute approximate surface area is 147 Å². The van der Waals surface area contributed by atoms with E-state index in [4.69, 9.17) is 4.74 Å². The molecule has 1 unspecified atom stereocenters. The molecule has 1 aromatic heterocycles. The van der Waals surface area contributed by atoms with Gasteiger partial charge in [0.15, 0.2) is 0 Å². The van der Waals surface area contributed by atoms with E-state index in [2.05, 4.69) is 14.9 Å². The number of hydrogen-bond acceptors (Lipinski definition) is 6. The minimum Gasteiger partial charge on any atom is -0.478 e. The number of hydrogen-bond donors (Lipinski definition) is 0. The topological polar surface area (TPSA) is 78.9 Å². The zero-order valence-corrected chi connectivity index (χ0v) is 14.8. The molecule has 1 aromatic rings. The lowest BCUT2D eigenvalue weighted by atomic mass is 10.1. The third kappa shape index (κ3) is 3.83. The van der Waals surface area contributed by atoms with Gasteiger partial charge in [-0.15, -0.1) is 0 Å². The molecule has 0 N–H and O–H groups in total. The molecule has 0 aliphatic carbocycles. The summed E-state index contributed by atoms with van der Waals surface area (Å²) in [6.07, 6.45) is 3.35. The van der Waals surface area contributed by atoms with E-state index in [1.54, 1.807) is 17.2 Å². The number of likely N-dealkylation sites (tertiary alicyclic amines) is 1.